The number of nitrogens with zero attached hydrogens (tertiary/aromatic N) is 10. The topological polar surface area (TPSA) is 364 Å². The van der Waals surface area contributed by atoms with Crippen LogP contribution in [-0.2, 0) is 48.9 Å². The van der Waals surface area contributed by atoms with Crippen molar-refractivity contribution in [2.24, 2.45) is 0 Å². The van der Waals surface area contributed by atoms with Crippen LogP contribution in [0, 0.1) is 51.7 Å². The number of nitro benzene ring substituents is 1. The molecule has 0 saturated carbocycles. The van der Waals surface area contributed by atoms with Gasteiger partial charge in [-0.25, -0.2) is 0 Å². The first-order chi connectivity index (χ1) is 58.4. The van der Waals surface area contributed by atoms with E-state index < -0.39 is 29.1 Å². The number of benzene rings is 6. The molecule has 9 N–H and O–H groups in total. The van der Waals surface area contributed by atoms with E-state index in [2.05, 4.69) is 56.3 Å². The van der Waals surface area contributed by atoms with E-state index in [-0.39, 0.29) is 83.6 Å². The number of nitro groups is 1. The van der Waals surface area contributed by atoms with Crippen molar-refractivity contribution in [2.75, 3.05) is 46.6 Å². The molecule has 122 heavy (non-hydrogen) atoms. The fraction of sp³-hybridized carbons (Fsp3) is 0.233. The zero-order chi connectivity index (χ0) is 87.8. The number of allylic oxidation sites excluding steroid dienone is 1. The van der Waals surface area contributed by atoms with E-state index in [1.807, 2.05) is 167 Å². The number of carbonyl (C=O) groups is 8. The molecule has 628 valence electrons. The van der Waals surface area contributed by atoms with Gasteiger partial charge in [-0.05, 0) is 201 Å². The van der Waals surface area contributed by atoms with Gasteiger partial charge in [0.15, 0.2) is 17.1 Å². The third-order valence-electron chi connectivity index (χ3n) is 20.7. The molecular formula is C90H93Cl3N18O10Sn. The predicted molar refractivity (Wildman–Crippen MR) is 475 cm³/mol. The molecule has 32 heteroatoms. The van der Waals surface area contributed by atoms with Crippen LogP contribution >= 0.6 is 29.4 Å². The van der Waals surface area contributed by atoms with Gasteiger partial charge in [0.1, 0.15) is 17.1 Å². The first-order valence-electron chi connectivity index (χ1n) is 39.0. The van der Waals surface area contributed by atoms with Crippen LogP contribution in [-0.4, -0.2) is 149 Å². The average Bonchev–Trinajstić information content (AvgIpc) is 1.68. The number of hydrogen-bond acceptors (Lipinski definition) is 14. The molecule has 3 atom stereocenters. The Morgan fingerprint density at radius 2 is 0.820 bits per heavy atom. The number of nitrogen functional groups attached to an aromatic ring is 1. The summed E-state index contributed by atoms with van der Waals surface area (Å²) in [5.74, 6) is -1.73. The van der Waals surface area contributed by atoms with Gasteiger partial charge in [-0.1, -0.05) is 101 Å². The Bertz CT molecular complexity index is 5900. The van der Waals surface area contributed by atoms with Crippen LogP contribution in [0.3, 0.4) is 0 Å². The van der Waals surface area contributed by atoms with Gasteiger partial charge in [0.2, 0.25) is 11.1 Å². The van der Waals surface area contributed by atoms with Crippen LogP contribution in [0.2, 0.25) is 0 Å². The number of hydrogen-bond donors (Lipinski definition) is 8. The van der Waals surface area contributed by atoms with Crippen molar-refractivity contribution in [3.8, 4) is 0 Å². The van der Waals surface area contributed by atoms with Crippen LogP contribution in [0.15, 0.2) is 208 Å². The van der Waals surface area contributed by atoms with E-state index in [0.717, 1.165) is 84.5 Å². The van der Waals surface area contributed by atoms with Crippen molar-refractivity contribution in [3.05, 3.63) is 336 Å². The van der Waals surface area contributed by atoms with Crippen molar-refractivity contribution in [1.29, 1.82) is 0 Å². The molecule has 0 saturated heterocycles. The fourth-order valence-corrected chi connectivity index (χ4v) is 15.2. The second-order valence-electron chi connectivity index (χ2n) is 30.1. The van der Waals surface area contributed by atoms with Gasteiger partial charge in [-0.15, -0.1) is 0 Å². The molecule has 2 radical (unpaired) electrons. The number of halogens is 3. The van der Waals surface area contributed by atoms with Crippen LogP contribution < -0.4 is 27.0 Å². The molecule has 3 aliphatic rings. The number of rotatable bonds is 19. The molecule has 15 rings (SSSR count). The molecule has 3 unspecified atom stereocenters. The summed E-state index contributed by atoms with van der Waals surface area (Å²) in [6, 6.07) is 50.1. The predicted octanol–water partition coefficient (Wildman–Crippen LogP) is 16.2. The fourth-order valence-electron chi connectivity index (χ4n) is 15.2. The molecule has 0 aliphatic carbocycles. The molecule has 9 heterocycles. The van der Waals surface area contributed by atoms with Gasteiger partial charge in [-0.3, -0.25) is 62.5 Å². The summed E-state index contributed by atoms with van der Waals surface area (Å²) in [7, 11) is 9.87. The summed E-state index contributed by atoms with van der Waals surface area (Å²) >= 11 is 3.88. The van der Waals surface area contributed by atoms with Crippen molar-refractivity contribution in [2.45, 2.75) is 119 Å². The number of nitrogens with one attached hydrogen (secondary N) is 7. The molecule has 0 fully saturated rings. The maximum absolute atomic E-state index is 13.6. The van der Waals surface area contributed by atoms with Gasteiger partial charge in [0, 0.05) is 130 Å². The van der Waals surface area contributed by atoms with Crippen molar-refractivity contribution >= 4 is 129 Å². The average molecular weight is 1810 g/mol. The molecule has 7 amide bonds. The van der Waals surface area contributed by atoms with Gasteiger partial charge >= 0.3 is 36.7 Å². The summed E-state index contributed by atoms with van der Waals surface area (Å²) in [5.41, 5.74) is 25.5. The number of aryl methyl sites for hydroxylation is 6. The first-order valence-corrected chi connectivity index (χ1v) is 46.6. The minimum absolute atomic E-state index is 0.00411. The molecule has 0 spiro atoms. The number of anilines is 5. The van der Waals surface area contributed by atoms with Gasteiger partial charge in [-0.2, -0.15) is 15.3 Å². The van der Waals surface area contributed by atoms with Crippen LogP contribution in [0.25, 0.3) is 0 Å². The second kappa shape index (κ2) is 40.9. The Labute approximate surface area is 728 Å². The molecule has 0 bridgehead atoms. The van der Waals surface area contributed by atoms with E-state index >= 15 is 0 Å². The zero-order valence-electron chi connectivity index (χ0n) is 68.8. The van der Waals surface area contributed by atoms with E-state index in [0.29, 0.717) is 108 Å². The first kappa shape index (κ1) is 89.9. The monoisotopic (exact) mass is 1810 g/mol. The van der Waals surface area contributed by atoms with Crippen molar-refractivity contribution in [3.63, 3.8) is 0 Å². The number of fused-ring (bicyclic) bond motifs is 3. The van der Waals surface area contributed by atoms with Crippen LogP contribution in [0.4, 0.5) is 34.1 Å². The van der Waals surface area contributed by atoms with Gasteiger partial charge < -0.3 is 56.7 Å². The summed E-state index contributed by atoms with van der Waals surface area (Å²) in [4.78, 5) is 126. The molecule has 6 aromatic heterocycles. The van der Waals surface area contributed by atoms with Crippen LogP contribution in [0.1, 0.15) is 185 Å². The van der Waals surface area contributed by atoms with Gasteiger partial charge in [0.25, 0.3) is 41.1 Å². The molecule has 12 aromatic rings. The van der Waals surface area contributed by atoms with Crippen LogP contribution in [0.5, 0.6) is 0 Å². The Balaban J connectivity index is 0.000000171. The third kappa shape index (κ3) is 22.2. The SMILES string of the molecule is C=CC(=O)Cl.C=CC(=O)Nc1ccc(Cn2nc(C(=O)Nc3cccc(C)c3)c3c2C(C)CN(C(=O)c2ccc[nH]2)C3)cc1C.Cc1cccc(NC(=O)c2nn(Cc3ccc(N)c(C)c3)c3c2CN(C(=O)c2ccc[nH]2)CC3C)c1.Cc1cccc(NC(=O)c2nn(Cc3ccc([N+](=O)[O-])c(C)c3)c3c2CN(C(=O)c2ccc[nH]2)CC3C)c1.[Cl][Sn][Cl]. The van der Waals surface area contributed by atoms with E-state index in [4.69, 9.17) is 50.5 Å². The quantitative estimate of drug-likeness (QED) is 0.00932. The van der Waals surface area contributed by atoms with Gasteiger partial charge in [0.05, 0.1) is 44.2 Å². The second-order valence-corrected chi connectivity index (χ2v) is 34.7. The summed E-state index contributed by atoms with van der Waals surface area (Å²) in [6.07, 6.45) is 7.44. The normalized spacial score (nSPS) is 14.1. The number of aromatic amines is 3. The molecule has 6 aromatic carbocycles. The number of H-pyrrole nitrogens is 3. The number of carbonyl (C=O) groups excluding carboxylic acids is 8. The molecule has 28 nitrogen and oxygen atoms in total. The Morgan fingerprint density at radius 1 is 0.484 bits per heavy atom. The van der Waals surface area contributed by atoms with Crippen molar-refractivity contribution < 1.29 is 43.3 Å². The Kier molecular flexibility index (Phi) is 30.1. The summed E-state index contributed by atoms with van der Waals surface area (Å²) < 4.78 is 5.58. The molecular weight excluding hydrogens is 1720 g/mol. The van der Waals surface area contributed by atoms with E-state index in [1.165, 1.54) is 12.1 Å². The zero-order valence-corrected chi connectivity index (χ0v) is 73.9. The van der Waals surface area contributed by atoms with E-state index in [1.54, 1.807) is 93.4 Å². The summed E-state index contributed by atoms with van der Waals surface area (Å²) in [5, 5.41) is 36.8. The number of amides is 7. The Morgan fingerprint density at radius 3 is 1.11 bits per heavy atom. The molecule has 3 aliphatic heterocycles. The number of aromatic nitrogens is 9. The summed E-state index contributed by atoms with van der Waals surface area (Å²) in [6.45, 7) is 27.8. The van der Waals surface area contributed by atoms with E-state index in [9.17, 15) is 48.5 Å². The van der Waals surface area contributed by atoms with Crippen molar-refractivity contribution in [1.82, 2.24) is 59.0 Å². The minimum atomic E-state index is -0.826. The Hall–Kier alpha value is -12.9. The third-order valence-corrected chi connectivity index (χ3v) is 20.9. The number of nitrogens with two attached hydrogens (primary N) is 1. The standard InChI is InChI=1S/C31H32N6O3.C28H28N6O4.C28H30N6O2.C3H3ClO.2ClH.Sn/c1-5-27(38)34-25-12-11-22(15-20(25)3)17-37-29-21(4)16-36(31(40)26-10-7-13-32-26)18-24(29)28(35-37)30(39)33-23-9-6-8-19(2)14-23;1-17-6-4-7-21(12-17)30-27(35)25-22-16-32(28(36)23-8-5-11-29-23)14-19(3)26(22)33(31-25)15-20-9-10-24(34(37)38)18(2)13-20;1-17-6-4-7-21(12-17)31-27(35)25-22-16-33(28(36)24-8-5-11-30-24)14-19(3)26(22)34(32-25)15-20-9-10-23(29)18(2)13-20;1-2-3(4)5;;;/h5-15,21,32H,1,16-18H2,2-4H3,(H,33,39)(H,34,38);4-13,19,29H,14-16H2,1-3H3,(H,30,35);4-13,19,30H,14-16,29H2,1-3H3,(H,31,35);2H,1H2;2*1H;/q;;;;;;+2/p-2. The maximum atomic E-state index is 13.6.